The zero-order chi connectivity index (χ0) is 14.1. The highest BCUT2D eigenvalue weighted by molar-refractivity contribution is 6.34. The van der Waals surface area contributed by atoms with Crippen molar-refractivity contribution < 1.29 is 9.90 Å². The highest BCUT2D eigenvalue weighted by Crippen LogP contribution is 2.33. The van der Waals surface area contributed by atoms with E-state index in [1.54, 1.807) is 6.07 Å². The van der Waals surface area contributed by atoms with Gasteiger partial charge in [0.2, 0.25) is 0 Å². The van der Waals surface area contributed by atoms with Crippen molar-refractivity contribution in [3.8, 4) is 5.75 Å². The Labute approximate surface area is 122 Å². The molecule has 1 aliphatic rings. The summed E-state index contributed by atoms with van der Waals surface area (Å²) in [5, 5.41) is 12.4. The minimum Gasteiger partial charge on any atom is -0.508 e. The lowest BCUT2D eigenvalue weighted by Crippen LogP contribution is -2.23. The van der Waals surface area contributed by atoms with Crippen LogP contribution in [0.2, 0.25) is 5.02 Å². The molecule has 1 aromatic heterocycles. The van der Waals surface area contributed by atoms with Crippen LogP contribution in [-0.4, -0.2) is 15.6 Å². The third-order valence-corrected chi connectivity index (χ3v) is 3.99. The molecule has 20 heavy (non-hydrogen) atoms. The van der Waals surface area contributed by atoms with E-state index in [9.17, 15) is 9.90 Å². The summed E-state index contributed by atoms with van der Waals surface area (Å²) in [5.74, 6) is -0.111. The monoisotopic (exact) mass is 290 g/mol. The standard InChI is InChI=1S/C15H15ClN2O2/c16-12-9-11(19)6-7-13(12)17-15(20)14-5-2-8-18(14)10-3-1-4-10/h2,5-10,19H,1,3-4H2,(H,17,20). The lowest BCUT2D eigenvalue weighted by Gasteiger charge is -2.28. The van der Waals surface area contributed by atoms with Crippen LogP contribution in [0.25, 0.3) is 0 Å². The lowest BCUT2D eigenvalue weighted by atomic mass is 9.93. The van der Waals surface area contributed by atoms with E-state index in [1.807, 2.05) is 22.9 Å². The first kappa shape index (κ1) is 13.1. The van der Waals surface area contributed by atoms with Gasteiger partial charge >= 0.3 is 0 Å². The van der Waals surface area contributed by atoms with Gasteiger partial charge in [0.25, 0.3) is 5.91 Å². The number of phenolic OH excluding ortho intramolecular Hbond substituents is 1. The zero-order valence-electron chi connectivity index (χ0n) is 10.8. The van der Waals surface area contributed by atoms with Crippen LogP contribution in [-0.2, 0) is 0 Å². The summed E-state index contributed by atoms with van der Waals surface area (Å²) in [7, 11) is 0. The molecule has 1 aromatic carbocycles. The van der Waals surface area contributed by atoms with Crippen LogP contribution in [0.1, 0.15) is 35.8 Å². The number of hydrogen-bond acceptors (Lipinski definition) is 2. The van der Waals surface area contributed by atoms with Crippen molar-refractivity contribution in [1.82, 2.24) is 4.57 Å². The molecular weight excluding hydrogens is 276 g/mol. The second-order valence-corrected chi connectivity index (χ2v) is 5.41. The maximum Gasteiger partial charge on any atom is 0.272 e. The number of phenols is 1. The van der Waals surface area contributed by atoms with Gasteiger partial charge < -0.3 is 15.0 Å². The predicted molar refractivity (Wildman–Crippen MR) is 78.4 cm³/mol. The van der Waals surface area contributed by atoms with Crippen molar-refractivity contribution in [2.75, 3.05) is 5.32 Å². The minimum absolute atomic E-state index is 0.0749. The molecule has 1 fully saturated rings. The molecule has 0 spiro atoms. The Kier molecular flexibility index (Phi) is 3.40. The van der Waals surface area contributed by atoms with Gasteiger partial charge in [0, 0.05) is 18.3 Å². The number of rotatable bonds is 3. The Morgan fingerprint density at radius 2 is 2.15 bits per heavy atom. The fourth-order valence-corrected chi connectivity index (χ4v) is 2.58. The number of carbonyl (C=O) groups is 1. The van der Waals surface area contributed by atoms with E-state index in [1.165, 1.54) is 18.6 Å². The molecule has 5 heteroatoms. The van der Waals surface area contributed by atoms with E-state index >= 15 is 0 Å². The fraction of sp³-hybridized carbons (Fsp3) is 0.267. The van der Waals surface area contributed by atoms with Gasteiger partial charge in [-0.25, -0.2) is 0 Å². The lowest BCUT2D eigenvalue weighted by molar-refractivity contribution is 0.101. The number of aromatic hydroxyl groups is 1. The van der Waals surface area contributed by atoms with Crippen LogP contribution < -0.4 is 5.32 Å². The van der Waals surface area contributed by atoms with Crippen LogP contribution in [0, 0.1) is 0 Å². The molecule has 4 nitrogen and oxygen atoms in total. The molecule has 104 valence electrons. The quantitative estimate of drug-likeness (QED) is 0.844. The van der Waals surface area contributed by atoms with E-state index in [0.717, 1.165) is 12.8 Å². The number of amides is 1. The minimum atomic E-state index is -0.186. The molecule has 0 aliphatic heterocycles. The first-order chi connectivity index (χ1) is 9.65. The topological polar surface area (TPSA) is 54.3 Å². The van der Waals surface area contributed by atoms with Gasteiger partial charge in [0.15, 0.2) is 0 Å². The number of halogens is 1. The summed E-state index contributed by atoms with van der Waals surface area (Å²) in [6.07, 6.45) is 5.40. The number of hydrogen-bond donors (Lipinski definition) is 2. The average Bonchev–Trinajstić information content (AvgIpc) is 2.79. The Morgan fingerprint density at radius 1 is 1.35 bits per heavy atom. The molecule has 0 saturated heterocycles. The van der Waals surface area contributed by atoms with Crippen molar-refractivity contribution >= 4 is 23.2 Å². The zero-order valence-corrected chi connectivity index (χ0v) is 11.6. The van der Waals surface area contributed by atoms with Crippen molar-refractivity contribution in [3.63, 3.8) is 0 Å². The Bertz CT molecular complexity index is 647. The number of carbonyl (C=O) groups excluding carboxylic acids is 1. The molecule has 0 radical (unpaired) electrons. The average molecular weight is 291 g/mol. The molecule has 0 atom stereocenters. The fourth-order valence-electron chi connectivity index (χ4n) is 2.36. The summed E-state index contributed by atoms with van der Waals surface area (Å²) in [6.45, 7) is 0. The molecule has 2 N–H and O–H groups in total. The highest BCUT2D eigenvalue weighted by atomic mass is 35.5. The van der Waals surface area contributed by atoms with Gasteiger partial charge in [0.1, 0.15) is 11.4 Å². The van der Waals surface area contributed by atoms with Crippen LogP contribution in [0.3, 0.4) is 0 Å². The van der Waals surface area contributed by atoms with Gasteiger partial charge in [-0.05, 0) is 43.5 Å². The maximum absolute atomic E-state index is 12.3. The SMILES string of the molecule is O=C(Nc1ccc(O)cc1Cl)c1cccn1C1CCC1. The smallest absolute Gasteiger partial charge is 0.272 e. The number of benzene rings is 1. The molecule has 1 heterocycles. The van der Waals surface area contributed by atoms with Crippen molar-refractivity contribution in [2.45, 2.75) is 25.3 Å². The Balaban J connectivity index is 1.81. The number of anilines is 1. The van der Waals surface area contributed by atoms with E-state index in [2.05, 4.69) is 5.32 Å². The largest absolute Gasteiger partial charge is 0.508 e. The van der Waals surface area contributed by atoms with Crippen molar-refractivity contribution in [1.29, 1.82) is 0 Å². The second-order valence-electron chi connectivity index (χ2n) is 5.00. The van der Waals surface area contributed by atoms with E-state index < -0.39 is 0 Å². The third kappa shape index (κ3) is 2.39. The van der Waals surface area contributed by atoms with Crippen LogP contribution >= 0.6 is 11.6 Å². The van der Waals surface area contributed by atoms with Gasteiger partial charge in [-0.15, -0.1) is 0 Å². The molecular formula is C15H15ClN2O2. The third-order valence-electron chi connectivity index (χ3n) is 3.68. The normalized spacial score (nSPS) is 14.8. The number of nitrogens with one attached hydrogen (secondary N) is 1. The molecule has 1 aliphatic carbocycles. The van der Waals surface area contributed by atoms with Crippen LogP contribution in [0.15, 0.2) is 36.5 Å². The van der Waals surface area contributed by atoms with E-state index in [0.29, 0.717) is 22.4 Å². The number of aromatic nitrogens is 1. The first-order valence-electron chi connectivity index (χ1n) is 6.62. The second kappa shape index (κ2) is 5.21. The van der Waals surface area contributed by atoms with E-state index in [-0.39, 0.29) is 11.7 Å². The van der Waals surface area contributed by atoms with Crippen molar-refractivity contribution in [2.24, 2.45) is 0 Å². The van der Waals surface area contributed by atoms with Crippen molar-refractivity contribution in [3.05, 3.63) is 47.2 Å². The van der Waals surface area contributed by atoms with Crippen LogP contribution in [0.4, 0.5) is 5.69 Å². The summed E-state index contributed by atoms with van der Waals surface area (Å²) in [5.41, 5.74) is 1.13. The van der Waals surface area contributed by atoms with Gasteiger partial charge in [-0.1, -0.05) is 11.6 Å². The van der Waals surface area contributed by atoms with E-state index in [4.69, 9.17) is 11.6 Å². The summed E-state index contributed by atoms with van der Waals surface area (Å²) >= 11 is 5.99. The predicted octanol–water partition coefficient (Wildman–Crippen LogP) is 3.82. The molecule has 3 rings (SSSR count). The van der Waals surface area contributed by atoms with Gasteiger partial charge in [-0.2, -0.15) is 0 Å². The number of nitrogens with zero attached hydrogens (tertiary/aromatic N) is 1. The highest BCUT2D eigenvalue weighted by Gasteiger charge is 2.23. The molecule has 2 aromatic rings. The summed E-state index contributed by atoms with van der Waals surface area (Å²) in [6, 6.07) is 8.61. The summed E-state index contributed by atoms with van der Waals surface area (Å²) in [4.78, 5) is 12.3. The molecule has 0 bridgehead atoms. The maximum atomic E-state index is 12.3. The molecule has 1 amide bonds. The molecule has 0 unspecified atom stereocenters. The van der Waals surface area contributed by atoms with Crippen LogP contribution in [0.5, 0.6) is 5.75 Å². The van der Waals surface area contributed by atoms with Gasteiger partial charge in [0.05, 0.1) is 10.7 Å². The Hall–Kier alpha value is -1.94. The Morgan fingerprint density at radius 3 is 2.80 bits per heavy atom. The first-order valence-corrected chi connectivity index (χ1v) is 6.99. The molecule has 1 saturated carbocycles. The summed E-state index contributed by atoms with van der Waals surface area (Å²) < 4.78 is 2.02. The van der Waals surface area contributed by atoms with Gasteiger partial charge in [-0.3, -0.25) is 4.79 Å².